The van der Waals surface area contributed by atoms with E-state index in [1.165, 1.54) is 6.92 Å². The average molecular weight is 388 g/mol. The van der Waals surface area contributed by atoms with Gasteiger partial charge in [-0.15, -0.1) is 0 Å². The van der Waals surface area contributed by atoms with E-state index < -0.39 is 54.5 Å². The Morgan fingerprint density at radius 1 is 0.889 bits per heavy atom. The summed E-state index contributed by atoms with van der Waals surface area (Å²) < 4.78 is 0. The van der Waals surface area contributed by atoms with Gasteiger partial charge in [-0.1, -0.05) is 34.1 Å². The minimum Gasteiger partial charge on any atom is -0.480 e. The summed E-state index contributed by atoms with van der Waals surface area (Å²) in [6.07, 6.45) is 0.547. The first-order chi connectivity index (χ1) is 12.5. The fraction of sp³-hybridized carbons (Fsp3) is 0.765. The van der Waals surface area contributed by atoms with Crippen molar-refractivity contribution in [3.63, 3.8) is 0 Å². The minimum absolute atomic E-state index is 0.300. The highest BCUT2D eigenvalue weighted by Gasteiger charge is 2.32. The Morgan fingerprint density at radius 2 is 1.41 bits per heavy atom. The van der Waals surface area contributed by atoms with Crippen molar-refractivity contribution in [3.8, 4) is 0 Å². The Bertz CT molecular complexity index is 538. The van der Waals surface area contributed by atoms with Gasteiger partial charge in [0.05, 0.1) is 12.6 Å². The highest BCUT2D eigenvalue weighted by molar-refractivity contribution is 5.94. The second-order valence-corrected chi connectivity index (χ2v) is 6.97. The van der Waals surface area contributed by atoms with Gasteiger partial charge in [0.25, 0.3) is 0 Å². The van der Waals surface area contributed by atoms with E-state index in [4.69, 9.17) is 5.73 Å². The summed E-state index contributed by atoms with van der Waals surface area (Å²) >= 11 is 0. The number of carbonyl (C=O) groups is 4. The number of aliphatic hydroxyl groups excluding tert-OH is 1. The number of nitrogens with two attached hydrogens (primary N) is 1. The van der Waals surface area contributed by atoms with Crippen LogP contribution in [0.4, 0.5) is 0 Å². The van der Waals surface area contributed by atoms with Crippen LogP contribution in [0.5, 0.6) is 0 Å². The fourth-order valence-corrected chi connectivity index (χ4v) is 2.21. The van der Waals surface area contributed by atoms with E-state index in [1.54, 1.807) is 27.7 Å². The maximum Gasteiger partial charge on any atom is 0.326 e. The van der Waals surface area contributed by atoms with Crippen LogP contribution >= 0.6 is 0 Å². The second-order valence-electron chi connectivity index (χ2n) is 6.97. The predicted octanol–water partition coefficient (Wildman–Crippen LogP) is -1.43. The molecule has 5 unspecified atom stereocenters. The molecule has 0 aliphatic carbocycles. The van der Waals surface area contributed by atoms with E-state index in [9.17, 15) is 29.4 Å². The smallest absolute Gasteiger partial charge is 0.326 e. The second kappa shape index (κ2) is 11.5. The topological polar surface area (TPSA) is 171 Å². The lowest BCUT2D eigenvalue weighted by Gasteiger charge is -2.27. The van der Waals surface area contributed by atoms with Crippen molar-refractivity contribution in [1.29, 1.82) is 0 Å². The van der Waals surface area contributed by atoms with E-state index >= 15 is 0 Å². The van der Waals surface area contributed by atoms with E-state index in [1.807, 2.05) is 0 Å². The largest absolute Gasteiger partial charge is 0.480 e. The van der Waals surface area contributed by atoms with Crippen LogP contribution in [0.15, 0.2) is 0 Å². The van der Waals surface area contributed by atoms with Crippen LogP contribution in [-0.4, -0.2) is 64.7 Å². The Labute approximate surface area is 159 Å². The van der Waals surface area contributed by atoms with Gasteiger partial charge in [0.2, 0.25) is 17.7 Å². The molecule has 0 aliphatic rings. The van der Waals surface area contributed by atoms with Gasteiger partial charge in [-0.05, 0) is 18.8 Å². The Balaban J connectivity index is 5.20. The molecule has 0 bridgehead atoms. The maximum atomic E-state index is 12.5. The number of carbonyl (C=O) groups excluding carboxylic acids is 3. The quantitative estimate of drug-likeness (QED) is 0.252. The SMILES string of the molecule is CCC(C)C(NC(=O)C(NC(=O)C(CO)NC(=O)C(C)N)C(C)C)C(=O)O. The molecule has 0 fully saturated rings. The standard InChI is InChI=1S/C17H32N4O6/c1-6-9(4)13(17(26)27)21-16(25)12(8(2)3)20-15(24)11(7-22)19-14(23)10(5)18/h8-13,22H,6-7,18H2,1-5H3,(H,19,23)(H,20,24)(H,21,25)(H,26,27). The van der Waals surface area contributed by atoms with E-state index in [2.05, 4.69) is 16.0 Å². The van der Waals surface area contributed by atoms with Crippen molar-refractivity contribution < 1.29 is 29.4 Å². The molecule has 3 amide bonds. The molecule has 5 atom stereocenters. The number of hydrogen-bond donors (Lipinski definition) is 6. The molecule has 0 radical (unpaired) electrons. The number of aliphatic hydroxyl groups is 1. The first kappa shape index (κ1) is 24.8. The van der Waals surface area contributed by atoms with Gasteiger partial charge in [-0.2, -0.15) is 0 Å². The Morgan fingerprint density at radius 3 is 1.78 bits per heavy atom. The zero-order chi connectivity index (χ0) is 21.3. The molecule has 0 aromatic heterocycles. The van der Waals surface area contributed by atoms with Gasteiger partial charge < -0.3 is 31.9 Å². The van der Waals surface area contributed by atoms with E-state index in [-0.39, 0.29) is 11.8 Å². The van der Waals surface area contributed by atoms with Gasteiger partial charge in [0.15, 0.2) is 0 Å². The number of carboxylic acid groups (broad SMARTS) is 1. The summed E-state index contributed by atoms with van der Waals surface area (Å²) in [6.45, 7) is 7.61. The van der Waals surface area contributed by atoms with E-state index in [0.717, 1.165) is 0 Å². The van der Waals surface area contributed by atoms with Gasteiger partial charge in [0, 0.05) is 0 Å². The fourth-order valence-electron chi connectivity index (χ4n) is 2.21. The molecule has 0 aromatic carbocycles. The molecule has 0 saturated carbocycles. The molecule has 0 rings (SSSR count). The molecule has 0 saturated heterocycles. The third kappa shape index (κ3) is 7.92. The third-order valence-corrected chi connectivity index (χ3v) is 4.25. The molecule has 10 heteroatoms. The lowest BCUT2D eigenvalue weighted by Crippen LogP contribution is -2.59. The van der Waals surface area contributed by atoms with Crippen LogP contribution in [0.3, 0.4) is 0 Å². The predicted molar refractivity (Wildman–Crippen MR) is 98.5 cm³/mol. The molecular formula is C17H32N4O6. The molecule has 0 heterocycles. The van der Waals surface area contributed by atoms with Crippen molar-refractivity contribution >= 4 is 23.7 Å². The van der Waals surface area contributed by atoms with Crippen molar-refractivity contribution in [2.24, 2.45) is 17.6 Å². The van der Waals surface area contributed by atoms with Crippen LogP contribution in [-0.2, 0) is 19.2 Å². The number of nitrogens with one attached hydrogen (secondary N) is 3. The van der Waals surface area contributed by atoms with Crippen molar-refractivity contribution in [2.45, 2.75) is 65.2 Å². The van der Waals surface area contributed by atoms with Crippen LogP contribution in [0, 0.1) is 11.8 Å². The molecule has 156 valence electrons. The Hall–Kier alpha value is -2.20. The van der Waals surface area contributed by atoms with Crippen LogP contribution < -0.4 is 21.7 Å². The third-order valence-electron chi connectivity index (χ3n) is 4.25. The normalized spacial score (nSPS) is 16.6. The van der Waals surface area contributed by atoms with Gasteiger partial charge in [0.1, 0.15) is 18.1 Å². The highest BCUT2D eigenvalue weighted by Crippen LogP contribution is 2.10. The maximum absolute atomic E-state index is 12.5. The number of amides is 3. The number of hydrogen-bond acceptors (Lipinski definition) is 6. The van der Waals surface area contributed by atoms with Crippen LogP contribution in [0.1, 0.15) is 41.0 Å². The van der Waals surface area contributed by atoms with Gasteiger partial charge >= 0.3 is 5.97 Å². The van der Waals surface area contributed by atoms with E-state index in [0.29, 0.717) is 6.42 Å². The summed E-state index contributed by atoms with van der Waals surface area (Å²) in [5.74, 6) is -3.87. The van der Waals surface area contributed by atoms with Crippen molar-refractivity contribution in [2.75, 3.05) is 6.61 Å². The number of aliphatic carboxylic acids is 1. The summed E-state index contributed by atoms with van der Waals surface area (Å²) in [5.41, 5.74) is 5.42. The molecule has 7 N–H and O–H groups in total. The zero-order valence-electron chi connectivity index (χ0n) is 16.5. The van der Waals surface area contributed by atoms with Gasteiger partial charge in [-0.25, -0.2) is 4.79 Å². The zero-order valence-corrected chi connectivity index (χ0v) is 16.5. The molecule has 27 heavy (non-hydrogen) atoms. The molecule has 10 nitrogen and oxygen atoms in total. The lowest BCUT2D eigenvalue weighted by molar-refractivity contribution is -0.144. The molecule has 0 spiro atoms. The first-order valence-corrected chi connectivity index (χ1v) is 8.96. The molecule has 0 aromatic rings. The summed E-state index contributed by atoms with van der Waals surface area (Å²) in [5, 5.41) is 25.8. The summed E-state index contributed by atoms with van der Waals surface area (Å²) in [6, 6.07) is -4.28. The molecule has 0 aliphatic heterocycles. The lowest BCUT2D eigenvalue weighted by atomic mass is 9.97. The average Bonchev–Trinajstić information content (AvgIpc) is 2.59. The first-order valence-electron chi connectivity index (χ1n) is 8.96. The minimum atomic E-state index is -1.28. The Kier molecular flexibility index (Phi) is 10.6. The van der Waals surface area contributed by atoms with Gasteiger partial charge in [-0.3, -0.25) is 14.4 Å². The molecular weight excluding hydrogens is 356 g/mol. The number of carboxylic acids is 1. The number of rotatable bonds is 11. The van der Waals surface area contributed by atoms with Crippen molar-refractivity contribution in [1.82, 2.24) is 16.0 Å². The monoisotopic (exact) mass is 388 g/mol. The van der Waals surface area contributed by atoms with Crippen LogP contribution in [0.2, 0.25) is 0 Å². The summed E-state index contributed by atoms with van der Waals surface area (Å²) in [4.78, 5) is 47.9. The highest BCUT2D eigenvalue weighted by atomic mass is 16.4. The van der Waals surface area contributed by atoms with Crippen molar-refractivity contribution in [3.05, 3.63) is 0 Å². The van der Waals surface area contributed by atoms with Crippen LogP contribution in [0.25, 0.3) is 0 Å². The summed E-state index contributed by atoms with van der Waals surface area (Å²) in [7, 11) is 0.